The average Bonchev–Trinajstić information content (AvgIpc) is 2.98. The van der Waals surface area contributed by atoms with Gasteiger partial charge < -0.3 is 14.2 Å². The van der Waals surface area contributed by atoms with Crippen LogP contribution in [0.3, 0.4) is 0 Å². The molecule has 0 aromatic heterocycles. The van der Waals surface area contributed by atoms with Gasteiger partial charge in [0.1, 0.15) is 13.2 Å². The summed E-state index contributed by atoms with van der Waals surface area (Å²) >= 11 is 0. The van der Waals surface area contributed by atoms with Crippen molar-refractivity contribution in [3.8, 4) is 0 Å². The summed E-state index contributed by atoms with van der Waals surface area (Å²) in [6, 6.07) is 3.03. The molecule has 0 bridgehead atoms. The highest BCUT2D eigenvalue weighted by Crippen LogP contribution is 2.66. The van der Waals surface area contributed by atoms with E-state index in [0.717, 1.165) is 18.2 Å². The third-order valence-corrected chi connectivity index (χ3v) is 6.52. The minimum atomic E-state index is -9.14. The Morgan fingerprint density at radius 3 is 1.48 bits per heavy atom. The Morgan fingerprint density at radius 1 is 0.611 bits per heavy atom. The van der Waals surface area contributed by atoms with E-state index in [0.29, 0.717) is 0 Å². The number of halogens is 19. The molecule has 1 aromatic rings. The number of benzene rings is 1. The molecule has 0 saturated heterocycles. The predicted molar refractivity (Wildman–Crippen MR) is 144 cm³/mol. The van der Waals surface area contributed by atoms with Gasteiger partial charge in [0, 0.05) is 16.9 Å². The maximum absolute atomic E-state index is 14.1. The van der Waals surface area contributed by atoms with Gasteiger partial charge in [-0.3, -0.25) is 10.6 Å². The highest BCUT2D eigenvalue weighted by atomic mass is 19.4. The first-order chi connectivity index (χ1) is 23.5. The molecular weight excluding hydrogens is 809 g/mol. The van der Waals surface area contributed by atoms with E-state index in [1.807, 2.05) is 0 Å². The number of esters is 1. The van der Waals surface area contributed by atoms with Crippen LogP contribution in [-0.4, -0.2) is 91.5 Å². The second-order valence-electron chi connectivity index (χ2n) is 10.4. The van der Waals surface area contributed by atoms with Crippen LogP contribution in [-0.2, 0) is 19.0 Å². The lowest BCUT2D eigenvalue weighted by molar-refractivity contribution is -0.472. The predicted octanol–water partition coefficient (Wildman–Crippen LogP) is 9.88. The third-order valence-electron chi connectivity index (χ3n) is 6.52. The van der Waals surface area contributed by atoms with Gasteiger partial charge in [0.15, 0.2) is 0 Å². The summed E-state index contributed by atoms with van der Waals surface area (Å²) in [5.41, 5.74) is -9.18. The summed E-state index contributed by atoms with van der Waals surface area (Å²) in [6.07, 6.45) is -23.0. The smallest absolute Gasteiger partial charge is 0.438 e. The van der Waals surface area contributed by atoms with Gasteiger partial charge in [-0.2, -0.15) is 79.0 Å². The Bertz CT molecular complexity index is 1510. The molecule has 0 unspecified atom stereocenters. The third kappa shape index (κ3) is 9.11. The molecule has 27 heteroatoms. The minimum Gasteiger partial charge on any atom is -0.459 e. The molecule has 0 aliphatic heterocycles. The van der Waals surface area contributed by atoms with E-state index in [4.69, 9.17) is 4.74 Å². The van der Waals surface area contributed by atoms with Crippen molar-refractivity contribution in [2.24, 2.45) is 0 Å². The lowest BCUT2D eigenvalue weighted by Gasteiger charge is -2.45. The Hall–Kier alpha value is -4.36. The zero-order valence-electron chi connectivity index (χ0n) is 25.9. The van der Waals surface area contributed by atoms with E-state index in [1.165, 1.54) is 13.8 Å². The van der Waals surface area contributed by atoms with Crippen LogP contribution < -0.4 is 10.6 Å². The first-order valence-electron chi connectivity index (χ1n) is 13.4. The topological polar surface area (TPSA) is 103 Å². The monoisotopic (exact) mass is 834 g/mol. The Balaban J connectivity index is 0.0000281. The van der Waals surface area contributed by atoms with Gasteiger partial charge in [0.25, 0.3) is 0 Å². The standard InChI is InChI=1S/C26H21F19N2O6.CH4/c1-11(2)15(48)51-8-9-53-17(50)47-14-10-13(5-4-12(14)3)46-16(49)52-7-6-18(27,28)20(30,31)22(34,35)24(38,39)23(36,37)21(32,33)19(29,25(40,41)42)26(43,44)45;/h4-5,10H,1,6-9H2,2-3H3,(H,46,49)(H,47,50);1H4. The molecule has 0 heterocycles. The molecule has 1 aromatic carbocycles. The summed E-state index contributed by atoms with van der Waals surface area (Å²) in [6.45, 7) is 2.82. The summed E-state index contributed by atoms with van der Waals surface area (Å²) in [7, 11) is 0. The number of carbonyl (C=O) groups is 3. The second kappa shape index (κ2) is 16.2. The summed E-state index contributed by atoms with van der Waals surface area (Å²) in [5, 5.41) is 3.82. The van der Waals surface area contributed by atoms with Crippen molar-refractivity contribution in [1.82, 2.24) is 0 Å². The molecule has 0 spiro atoms. The minimum absolute atomic E-state index is 0. The highest BCUT2D eigenvalue weighted by Gasteiger charge is 2.98. The van der Waals surface area contributed by atoms with Crippen LogP contribution in [0.4, 0.5) is 104 Å². The van der Waals surface area contributed by atoms with E-state index in [-0.39, 0.29) is 24.3 Å². The maximum atomic E-state index is 14.1. The summed E-state index contributed by atoms with van der Waals surface area (Å²) in [4.78, 5) is 35.1. The molecule has 0 fully saturated rings. The number of nitrogens with one attached hydrogen (secondary N) is 2. The van der Waals surface area contributed by atoms with Crippen LogP contribution in [0, 0.1) is 6.92 Å². The lowest BCUT2D eigenvalue weighted by atomic mass is 9.83. The average molecular weight is 834 g/mol. The van der Waals surface area contributed by atoms with Crippen molar-refractivity contribution in [3.05, 3.63) is 35.9 Å². The Morgan fingerprint density at radius 2 is 1.02 bits per heavy atom. The van der Waals surface area contributed by atoms with Gasteiger partial charge in [-0.05, 0) is 31.5 Å². The molecule has 2 N–H and O–H groups in total. The van der Waals surface area contributed by atoms with E-state index in [2.05, 4.69) is 21.4 Å². The SMILES string of the molecule is C.C=C(C)C(=O)OCCOC(=O)Nc1cc(NC(=O)OCCC(F)(F)C(F)(F)C(F)(F)C(F)(F)C(F)(F)C(F)(F)C(F)(C(F)(F)F)C(F)(F)F)ccc1C. The van der Waals surface area contributed by atoms with E-state index >= 15 is 0 Å². The molecule has 0 radical (unpaired) electrons. The Kier molecular flexibility index (Phi) is 14.9. The molecule has 0 aliphatic rings. The number of anilines is 2. The van der Waals surface area contributed by atoms with Crippen LogP contribution >= 0.6 is 0 Å². The molecule has 54 heavy (non-hydrogen) atoms. The number of carbonyl (C=O) groups excluding carboxylic acids is 3. The van der Waals surface area contributed by atoms with Crippen molar-refractivity contribution in [3.63, 3.8) is 0 Å². The van der Waals surface area contributed by atoms with Crippen molar-refractivity contribution in [1.29, 1.82) is 0 Å². The van der Waals surface area contributed by atoms with Gasteiger partial charge >= 0.3 is 71.7 Å². The van der Waals surface area contributed by atoms with Crippen LogP contribution in [0.2, 0.25) is 0 Å². The molecule has 0 aliphatic carbocycles. The van der Waals surface area contributed by atoms with Crippen molar-refractivity contribution < 1.29 is 112 Å². The largest absolute Gasteiger partial charge is 0.459 e. The molecule has 0 saturated carbocycles. The van der Waals surface area contributed by atoms with Gasteiger partial charge in [-0.25, -0.2) is 18.8 Å². The van der Waals surface area contributed by atoms with Crippen molar-refractivity contribution >= 4 is 29.5 Å². The number of amides is 2. The second-order valence-corrected chi connectivity index (χ2v) is 10.4. The van der Waals surface area contributed by atoms with E-state index < -0.39 is 104 Å². The van der Waals surface area contributed by atoms with Crippen molar-refractivity contribution in [2.45, 2.75) is 81.3 Å². The molecular formula is C27H25F19N2O6. The fraction of sp³-hybridized carbons (Fsp3) is 0.593. The van der Waals surface area contributed by atoms with E-state index in [1.54, 1.807) is 5.32 Å². The summed E-state index contributed by atoms with van der Waals surface area (Å²) in [5.74, 6) is -51.7. The van der Waals surface area contributed by atoms with Crippen LogP contribution in [0.15, 0.2) is 30.4 Å². The van der Waals surface area contributed by atoms with Gasteiger partial charge in [0.2, 0.25) is 0 Å². The van der Waals surface area contributed by atoms with Crippen LogP contribution in [0.5, 0.6) is 0 Å². The number of hydrogen-bond donors (Lipinski definition) is 2. The quantitative estimate of drug-likeness (QED) is 0.0600. The van der Waals surface area contributed by atoms with Crippen LogP contribution in [0.25, 0.3) is 0 Å². The van der Waals surface area contributed by atoms with Gasteiger partial charge in [-0.1, -0.05) is 20.1 Å². The number of rotatable bonds is 15. The number of aryl methyl sites for hydroxylation is 1. The number of ether oxygens (including phenoxy) is 3. The molecule has 312 valence electrons. The normalized spacial score (nSPS) is 13.7. The van der Waals surface area contributed by atoms with Crippen molar-refractivity contribution in [2.75, 3.05) is 30.5 Å². The fourth-order valence-electron chi connectivity index (χ4n) is 3.51. The molecule has 8 nitrogen and oxygen atoms in total. The highest BCUT2D eigenvalue weighted by molar-refractivity contribution is 5.89. The number of hydrogen-bond acceptors (Lipinski definition) is 6. The first-order valence-corrected chi connectivity index (χ1v) is 13.4. The van der Waals surface area contributed by atoms with Gasteiger partial charge in [0.05, 0.1) is 13.0 Å². The molecule has 2 amide bonds. The first kappa shape index (κ1) is 49.6. The zero-order chi connectivity index (χ0) is 42.0. The van der Waals surface area contributed by atoms with Gasteiger partial charge in [-0.15, -0.1) is 0 Å². The molecule has 0 atom stereocenters. The Labute approximate surface area is 289 Å². The zero-order valence-corrected chi connectivity index (χ0v) is 25.9. The summed E-state index contributed by atoms with van der Waals surface area (Å²) < 4.78 is 270. The van der Waals surface area contributed by atoms with Crippen LogP contribution in [0.1, 0.15) is 26.3 Å². The van der Waals surface area contributed by atoms with E-state index in [9.17, 15) is 97.8 Å². The lowest BCUT2D eigenvalue weighted by Crippen LogP contribution is -2.77. The maximum Gasteiger partial charge on any atom is 0.438 e. The fourth-order valence-corrected chi connectivity index (χ4v) is 3.51. The number of alkyl halides is 19. The molecule has 1 rings (SSSR count).